The molecular weight excluding hydrogens is 235 g/mol. The molecule has 0 radical (unpaired) electrons. The fraction of sp³-hybridized carbons (Fsp3) is 0.500. The van der Waals surface area contributed by atoms with Crippen molar-refractivity contribution in [3.8, 4) is 0 Å². The van der Waals surface area contributed by atoms with E-state index >= 15 is 0 Å². The molecule has 1 fully saturated rings. The number of rotatable bonds is 2. The molecule has 0 spiro atoms. The third-order valence-corrected chi connectivity index (χ3v) is 3.39. The zero-order chi connectivity index (χ0) is 13.2. The van der Waals surface area contributed by atoms with Crippen molar-refractivity contribution in [3.63, 3.8) is 0 Å². The molecule has 0 saturated carbocycles. The van der Waals surface area contributed by atoms with Gasteiger partial charge in [-0.05, 0) is 25.9 Å². The van der Waals surface area contributed by atoms with Crippen molar-refractivity contribution in [2.24, 2.45) is 5.41 Å². The predicted octanol–water partition coefficient (Wildman–Crippen LogP) is 1.29. The van der Waals surface area contributed by atoms with Crippen molar-refractivity contribution < 1.29 is 4.39 Å². The van der Waals surface area contributed by atoms with Gasteiger partial charge in [0.15, 0.2) is 5.95 Å². The molecule has 2 rings (SSSR count). The van der Waals surface area contributed by atoms with Crippen LogP contribution in [0, 0.1) is 16.8 Å². The van der Waals surface area contributed by atoms with E-state index in [2.05, 4.69) is 10.6 Å². The Morgan fingerprint density at radius 2 is 2.11 bits per heavy atom. The van der Waals surface area contributed by atoms with Crippen LogP contribution in [0.15, 0.2) is 16.9 Å². The van der Waals surface area contributed by atoms with Gasteiger partial charge in [-0.2, -0.15) is 4.39 Å². The Bertz CT molecular complexity index is 505. The third-order valence-electron chi connectivity index (χ3n) is 3.39. The van der Waals surface area contributed by atoms with Crippen molar-refractivity contribution in [2.45, 2.75) is 19.8 Å². The molecule has 1 aromatic rings. The van der Waals surface area contributed by atoms with E-state index in [-0.39, 0.29) is 5.41 Å². The summed E-state index contributed by atoms with van der Waals surface area (Å²) in [5.41, 5.74) is -0.439. The van der Waals surface area contributed by atoms with Crippen LogP contribution in [0.3, 0.4) is 0 Å². The molecule has 1 saturated heterocycles. The molecule has 2 heterocycles. The summed E-state index contributed by atoms with van der Waals surface area (Å²) in [6, 6.07) is 2.43. The maximum Gasteiger partial charge on any atom is 0.252 e. The van der Waals surface area contributed by atoms with Gasteiger partial charge in [0.25, 0.3) is 5.56 Å². The molecule has 0 bridgehead atoms. The molecular formula is C12H17FN4O. The lowest BCUT2D eigenvalue weighted by Gasteiger charge is -2.34. The first kappa shape index (κ1) is 12.8. The quantitative estimate of drug-likeness (QED) is 0.364. The number of aromatic nitrogens is 1. The summed E-state index contributed by atoms with van der Waals surface area (Å²) in [6.07, 6.45) is 1.70. The molecule has 0 aromatic carbocycles. The van der Waals surface area contributed by atoms with E-state index in [4.69, 9.17) is 5.41 Å². The van der Waals surface area contributed by atoms with E-state index in [1.807, 2.05) is 11.9 Å². The first-order valence-electron chi connectivity index (χ1n) is 5.96. The Morgan fingerprint density at radius 1 is 1.44 bits per heavy atom. The minimum absolute atomic E-state index is 0.246. The maximum absolute atomic E-state index is 13.0. The predicted molar refractivity (Wildman–Crippen MR) is 68.6 cm³/mol. The number of anilines is 1. The van der Waals surface area contributed by atoms with Crippen LogP contribution in [-0.4, -0.2) is 23.9 Å². The molecule has 0 aliphatic carbocycles. The van der Waals surface area contributed by atoms with Gasteiger partial charge in [-0.25, -0.2) is 0 Å². The number of nitrogens with one attached hydrogen (secondary N) is 4. The number of amidine groups is 1. The van der Waals surface area contributed by atoms with E-state index < -0.39 is 11.5 Å². The highest BCUT2D eigenvalue weighted by molar-refractivity contribution is 5.97. The van der Waals surface area contributed by atoms with Gasteiger partial charge >= 0.3 is 0 Å². The average molecular weight is 252 g/mol. The molecule has 98 valence electrons. The molecule has 5 nitrogen and oxygen atoms in total. The SMILES string of the molecule is CC1(C(=N)Nc2cc(F)[nH]c(=O)c2)CCNCC1. The monoisotopic (exact) mass is 252 g/mol. The molecule has 4 N–H and O–H groups in total. The van der Waals surface area contributed by atoms with Crippen LogP contribution in [0.25, 0.3) is 0 Å². The molecule has 0 amide bonds. The summed E-state index contributed by atoms with van der Waals surface area (Å²) in [7, 11) is 0. The average Bonchev–Trinajstić information content (AvgIpc) is 2.28. The fourth-order valence-corrected chi connectivity index (χ4v) is 2.11. The second-order valence-corrected chi connectivity index (χ2v) is 4.89. The normalized spacial score (nSPS) is 18.3. The number of hydrogen-bond acceptors (Lipinski definition) is 3. The zero-order valence-corrected chi connectivity index (χ0v) is 10.3. The Morgan fingerprint density at radius 3 is 2.72 bits per heavy atom. The Kier molecular flexibility index (Phi) is 3.47. The van der Waals surface area contributed by atoms with Crippen LogP contribution in [0.4, 0.5) is 10.1 Å². The van der Waals surface area contributed by atoms with Gasteiger partial charge in [-0.1, -0.05) is 6.92 Å². The smallest absolute Gasteiger partial charge is 0.252 e. The summed E-state index contributed by atoms with van der Waals surface area (Å²) >= 11 is 0. The molecule has 1 aliphatic heterocycles. The van der Waals surface area contributed by atoms with E-state index in [1.54, 1.807) is 0 Å². The lowest BCUT2D eigenvalue weighted by molar-refractivity contribution is 0.326. The summed E-state index contributed by atoms with van der Waals surface area (Å²) < 4.78 is 13.0. The number of hydrogen-bond donors (Lipinski definition) is 4. The number of H-pyrrole nitrogens is 1. The summed E-state index contributed by atoms with van der Waals surface area (Å²) in [5.74, 6) is -0.373. The molecule has 1 aromatic heterocycles. The Balaban J connectivity index is 2.13. The second-order valence-electron chi connectivity index (χ2n) is 4.89. The first-order valence-corrected chi connectivity index (χ1v) is 5.96. The van der Waals surface area contributed by atoms with Crippen molar-refractivity contribution in [3.05, 3.63) is 28.4 Å². The van der Waals surface area contributed by atoms with Gasteiger partial charge < -0.3 is 10.6 Å². The first-order chi connectivity index (χ1) is 8.49. The van der Waals surface area contributed by atoms with Crippen LogP contribution in [0.1, 0.15) is 19.8 Å². The van der Waals surface area contributed by atoms with Crippen molar-refractivity contribution >= 4 is 11.5 Å². The highest BCUT2D eigenvalue weighted by atomic mass is 19.1. The van der Waals surface area contributed by atoms with Gasteiger partial charge in [0.05, 0.1) is 0 Å². The molecule has 6 heteroatoms. The molecule has 0 unspecified atom stereocenters. The van der Waals surface area contributed by atoms with Gasteiger partial charge in [0, 0.05) is 23.2 Å². The van der Waals surface area contributed by atoms with E-state index in [1.165, 1.54) is 12.1 Å². The van der Waals surface area contributed by atoms with Crippen LogP contribution in [-0.2, 0) is 0 Å². The Hall–Kier alpha value is -1.69. The van der Waals surface area contributed by atoms with Gasteiger partial charge in [-0.3, -0.25) is 15.2 Å². The van der Waals surface area contributed by atoms with Crippen LogP contribution >= 0.6 is 0 Å². The lowest BCUT2D eigenvalue weighted by atomic mass is 9.79. The third kappa shape index (κ3) is 2.76. The molecule has 0 atom stereocenters. The Labute approximate surface area is 104 Å². The van der Waals surface area contributed by atoms with Gasteiger partial charge in [-0.15, -0.1) is 0 Å². The number of halogens is 1. The minimum Gasteiger partial charge on any atom is -0.343 e. The summed E-state index contributed by atoms with van der Waals surface area (Å²) in [6.45, 7) is 3.74. The van der Waals surface area contributed by atoms with Crippen LogP contribution in [0.2, 0.25) is 0 Å². The number of pyridine rings is 1. The second kappa shape index (κ2) is 4.89. The fourth-order valence-electron chi connectivity index (χ4n) is 2.11. The summed E-state index contributed by atoms with van der Waals surface area (Å²) in [5, 5.41) is 14.2. The summed E-state index contributed by atoms with van der Waals surface area (Å²) in [4.78, 5) is 13.2. The highest BCUT2D eigenvalue weighted by Crippen LogP contribution is 2.29. The highest BCUT2D eigenvalue weighted by Gasteiger charge is 2.31. The van der Waals surface area contributed by atoms with Crippen molar-refractivity contribution in [1.82, 2.24) is 10.3 Å². The standard InChI is InChI=1S/C12H17FN4O/c1-12(2-4-15-5-3-12)11(14)16-8-6-9(13)17-10(18)7-8/h6-7,15H,2-5H2,1H3,(H3,14,16,17,18). The van der Waals surface area contributed by atoms with Crippen LogP contribution < -0.4 is 16.2 Å². The van der Waals surface area contributed by atoms with E-state index in [9.17, 15) is 9.18 Å². The van der Waals surface area contributed by atoms with Crippen LogP contribution in [0.5, 0.6) is 0 Å². The van der Waals surface area contributed by atoms with E-state index in [0.717, 1.165) is 25.9 Å². The molecule has 1 aliphatic rings. The topological polar surface area (TPSA) is 80.8 Å². The largest absolute Gasteiger partial charge is 0.343 e. The number of aromatic amines is 1. The van der Waals surface area contributed by atoms with Gasteiger partial charge in [0.2, 0.25) is 0 Å². The van der Waals surface area contributed by atoms with Crippen molar-refractivity contribution in [2.75, 3.05) is 18.4 Å². The minimum atomic E-state index is -0.701. The number of piperidine rings is 1. The lowest BCUT2D eigenvalue weighted by Crippen LogP contribution is -2.42. The van der Waals surface area contributed by atoms with Crippen molar-refractivity contribution in [1.29, 1.82) is 5.41 Å². The molecule has 18 heavy (non-hydrogen) atoms. The zero-order valence-electron chi connectivity index (χ0n) is 10.3. The van der Waals surface area contributed by atoms with E-state index in [0.29, 0.717) is 11.5 Å². The van der Waals surface area contributed by atoms with Gasteiger partial charge in [0.1, 0.15) is 5.84 Å². The maximum atomic E-state index is 13.0.